The largest absolute Gasteiger partial charge is 0.516 e. The number of hydrogen-bond acceptors (Lipinski definition) is 11. The van der Waals surface area contributed by atoms with Crippen LogP contribution < -0.4 is 11.1 Å². The standard InChI is InChI=1S/C9H11NO.C7H9N.C7H12O4.C5H9ClO2.C5H11NO.C2H4O2/c1-8(11)10-7-9-5-3-2-4-6-9;8-6-7-4-2-1-3-5-7;1-5(2)4-10-7(9)11-6(3)8;1-4(2)3-8-5(6)7;1-6-2-4-7-5-3-6;1-2(3)4/h2-6H,7H2,1H3,(H,10,11);1-5H,6,8H2;5H,4H2,1-3H3;4H,3H2,1-2H3;2-5H2,1H3;1H3,(H,3,4). The quantitative estimate of drug-likeness (QED) is 0.177. The number of ether oxygens (including phenoxy) is 4. The van der Waals surface area contributed by atoms with E-state index in [9.17, 15) is 19.2 Å². The number of nitrogens with two attached hydrogens (primary N) is 1. The van der Waals surface area contributed by atoms with Crippen molar-refractivity contribution in [2.75, 3.05) is 46.6 Å². The van der Waals surface area contributed by atoms with Crippen LogP contribution in [0, 0.1) is 11.8 Å². The number of carbonyl (C=O) groups is 5. The Morgan fingerprint density at radius 3 is 1.55 bits per heavy atom. The monoisotopic (exact) mass is 713 g/mol. The van der Waals surface area contributed by atoms with Gasteiger partial charge >= 0.3 is 17.6 Å². The van der Waals surface area contributed by atoms with E-state index in [0.717, 1.165) is 45.7 Å². The summed E-state index contributed by atoms with van der Waals surface area (Å²) in [4.78, 5) is 52.3. The van der Waals surface area contributed by atoms with Crippen LogP contribution in [0.25, 0.3) is 0 Å². The van der Waals surface area contributed by atoms with Crippen LogP contribution in [0.3, 0.4) is 0 Å². The maximum atomic E-state index is 10.5. The molecule has 0 aliphatic carbocycles. The van der Waals surface area contributed by atoms with Gasteiger partial charge in [-0.15, -0.1) is 0 Å². The number of aliphatic carboxylic acids is 1. The maximum Gasteiger partial charge on any atom is 0.516 e. The summed E-state index contributed by atoms with van der Waals surface area (Å²) in [5, 5.41) is 10.1. The van der Waals surface area contributed by atoms with E-state index in [1.165, 1.54) is 12.5 Å². The Morgan fingerprint density at radius 2 is 1.27 bits per heavy atom. The lowest BCUT2D eigenvalue weighted by atomic mass is 10.2. The van der Waals surface area contributed by atoms with Crippen molar-refractivity contribution >= 4 is 41.0 Å². The minimum absolute atomic E-state index is 0.00820. The molecule has 1 fully saturated rings. The van der Waals surface area contributed by atoms with Gasteiger partial charge in [0.05, 0.1) is 26.4 Å². The van der Waals surface area contributed by atoms with E-state index < -0.39 is 23.5 Å². The molecule has 1 heterocycles. The van der Waals surface area contributed by atoms with Crippen molar-refractivity contribution in [3.05, 3.63) is 71.8 Å². The summed E-state index contributed by atoms with van der Waals surface area (Å²) in [6, 6.07) is 19.8. The Bertz CT molecular complexity index is 1130. The molecule has 2 aromatic rings. The van der Waals surface area contributed by atoms with Crippen molar-refractivity contribution in [3.8, 4) is 0 Å². The van der Waals surface area contributed by atoms with E-state index in [-0.39, 0.29) is 18.4 Å². The lowest BCUT2D eigenvalue weighted by Crippen LogP contribution is -2.32. The first-order valence-corrected chi connectivity index (χ1v) is 16.0. The first kappa shape index (κ1) is 49.3. The predicted octanol–water partition coefficient (Wildman–Crippen LogP) is 5.87. The van der Waals surface area contributed by atoms with E-state index in [0.29, 0.717) is 25.6 Å². The summed E-state index contributed by atoms with van der Waals surface area (Å²) in [6.07, 6.45) is -0.925. The zero-order valence-electron chi connectivity index (χ0n) is 30.1. The number of benzene rings is 2. The van der Waals surface area contributed by atoms with Crippen LogP contribution in [0.5, 0.6) is 0 Å². The van der Waals surface area contributed by atoms with E-state index in [1.807, 2.05) is 88.4 Å². The highest BCUT2D eigenvalue weighted by Crippen LogP contribution is 1.97. The highest BCUT2D eigenvalue weighted by atomic mass is 35.5. The van der Waals surface area contributed by atoms with Gasteiger partial charge in [0.1, 0.15) is 0 Å². The average Bonchev–Trinajstić information content (AvgIpc) is 3.04. The topological polar surface area (TPSA) is 184 Å². The molecule has 1 aliphatic rings. The highest BCUT2D eigenvalue weighted by molar-refractivity contribution is 6.61. The number of halogens is 1. The second-order valence-corrected chi connectivity index (χ2v) is 11.3. The number of morpholine rings is 1. The predicted molar refractivity (Wildman–Crippen MR) is 190 cm³/mol. The number of carboxylic acid groups (broad SMARTS) is 1. The van der Waals surface area contributed by atoms with E-state index in [1.54, 1.807) is 0 Å². The van der Waals surface area contributed by atoms with Gasteiger partial charge in [0, 0.05) is 58.6 Å². The van der Waals surface area contributed by atoms with Crippen molar-refractivity contribution in [2.45, 2.75) is 61.6 Å². The number of carboxylic acids is 1. The summed E-state index contributed by atoms with van der Waals surface area (Å²) in [6.45, 7) is 17.4. The molecular weight excluding hydrogens is 658 g/mol. The summed E-state index contributed by atoms with van der Waals surface area (Å²) in [5.41, 5.74) is 6.94. The lowest BCUT2D eigenvalue weighted by Gasteiger charge is -2.21. The molecule has 13 nitrogen and oxygen atoms in total. The Morgan fingerprint density at radius 1 is 0.837 bits per heavy atom. The molecule has 2 aromatic carbocycles. The molecule has 0 saturated carbocycles. The van der Waals surface area contributed by atoms with Crippen LogP contribution in [-0.2, 0) is 46.4 Å². The molecule has 3 rings (SSSR count). The Kier molecular flexibility index (Phi) is 34.1. The summed E-state index contributed by atoms with van der Waals surface area (Å²) in [5.74, 6) is -0.875. The molecule has 0 unspecified atom stereocenters. The number of rotatable bonds is 7. The number of amides is 1. The third-order valence-corrected chi connectivity index (χ3v) is 5.10. The van der Waals surface area contributed by atoms with Crippen molar-refractivity contribution in [1.82, 2.24) is 10.2 Å². The first-order chi connectivity index (χ1) is 23.0. The van der Waals surface area contributed by atoms with Gasteiger partial charge in [0.25, 0.3) is 5.97 Å². The Balaban J connectivity index is -0.000000530. The lowest BCUT2D eigenvalue weighted by molar-refractivity contribution is -0.137. The smallest absolute Gasteiger partial charge is 0.481 e. The van der Waals surface area contributed by atoms with Gasteiger partial charge in [0.15, 0.2) is 0 Å². The zero-order chi connectivity index (χ0) is 38.0. The van der Waals surface area contributed by atoms with Gasteiger partial charge < -0.3 is 40.0 Å². The normalized spacial score (nSPS) is 11.3. The third kappa shape index (κ3) is 46.1. The van der Waals surface area contributed by atoms with E-state index in [2.05, 4.69) is 31.5 Å². The molecule has 1 saturated heterocycles. The Labute approximate surface area is 296 Å². The van der Waals surface area contributed by atoms with Crippen LogP contribution >= 0.6 is 11.6 Å². The minimum Gasteiger partial charge on any atom is -0.481 e. The summed E-state index contributed by atoms with van der Waals surface area (Å²) < 4.78 is 18.2. The summed E-state index contributed by atoms with van der Waals surface area (Å²) >= 11 is 4.86. The minimum atomic E-state index is -0.925. The fourth-order valence-electron chi connectivity index (χ4n) is 2.70. The number of hydrogen-bond donors (Lipinski definition) is 3. The summed E-state index contributed by atoms with van der Waals surface area (Å²) in [7, 11) is 2.11. The molecule has 14 heteroatoms. The van der Waals surface area contributed by atoms with Crippen LogP contribution in [0.1, 0.15) is 59.6 Å². The fraction of sp³-hybridized carbons (Fsp3) is 0.514. The zero-order valence-corrected chi connectivity index (χ0v) is 30.9. The van der Waals surface area contributed by atoms with Gasteiger partial charge in [0.2, 0.25) is 5.91 Å². The highest BCUT2D eigenvalue weighted by Gasteiger charge is 2.07. The second-order valence-electron chi connectivity index (χ2n) is 11.0. The van der Waals surface area contributed by atoms with Gasteiger partial charge in [-0.1, -0.05) is 88.4 Å². The molecule has 1 aliphatic heterocycles. The fourth-order valence-corrected chi connectivity index (χ4v) is 2.77. The van der Waals surface area contributed by atoms with Gasteiger partial charge in [-0.25, -0.2) is 9.59 Å². The molecular formula is C35H56ClN3O10. The number of esters is 1. The van der Waals surface area contributed by atoms with E-state index in [4.69, 9.17) is 32.0 Å². The molecule has 0 atom stereocenters. The third-order valence-electron chi connectivity index (χ3n) is 4.99. The van der Waals surface area contributed by atoms with Crippen molar-refractivity contribution < 1.29 is 48.0 Å². The number of likely N-dealkylation sites (N-methyl/N-ethyl adjacent to an activating group) is 1. The van der Waals surface area contributed by atoms with Crippen LogP contribution in [0.2, 0.25) is 0 Å². The van der Waals surface area contributed by atoms with E-state index >= 15 is 0 Å². The molecule has 0 spiro atoms. The molecule has 0 radical (unpaired) electrons. The number of nitrogens with zero attached hydrogens (tertiary/aromatic N) is 1. The number of carbonyl (C=O) groups excluding carboxylic acids is 4. The molecule has 1 amide bonds. The molecule has 49 heavy (non-hydrogen) atoms. The van der Waals surface area contributed by atoms with Crippen molar-refractivity contribution in [2.24, 2.45) is 17.6 Å². The van der Waals surface area contributed by atoms with Crippen molar-refractivity contribution in [1.29, 1.82) is 0 Å². The van der Waals surface area contributed by atoms with Crippen LogP contribution in [0.15, 0.2) is 60.7 Å². The first-order valence-electron chi connectivity index (χ1n) is 15.7. The van der Waals surface area contributed by atoms with Gasteiger partial charge in [-0.3, -0.25) is 14.4 Å². The second kappa shape index (κ2) is 33.8. The molecule has 4 N–H and O–H groups in total. The molecule has 278 valence electrons. The van der Waals surface area contributed by atoms with Crippen LogP contribution in [-0.4, -0.2) is 86.0 Å². The Hall–Kier alpha value is -4.04. The average molecular weight is 714 g/mol. The molecule has 0 bridgehead atoms. The maximum absolute atomic E-state index is 10.5. The van der Waals surface area contributed by atoms with Gasteiger partial charge in [-0.05, 0) is 30.0 Å². The van der Waals surface area contributed by atoms with Gasteiger partial charge in [-0.2, -0.15) is 0 Å². The SMILES string of the molecule is CC(=O)NCc1ccccc1.CC(=O)O.CC(=O)OC(=O)OCC(C)C.CC(C)COC(=O)Cl.CN1CCOCC1.NCc1ccccc1. The molecule has 0 aromatic heterocycles. The van der Waals surface area contributed by atoms with Crippen LogP contribution in [0.4, 0.5) is 9.59 Å². The number of nitrogens with one attached hydrogen (secondary N) is 1. The van der Waals surface area contributed by atoms with Crippen molar-refractivity contribution in [3.63, 3.8) is 0 Å².